The summed E-state index contributed by atoms with van der Waals surface area (Å²) in [7, 11) is 0. The zero-order valence-electron chi connectivity index (χ0n) is 7.54. The summed E-state index contributed by atoms with van der Waals surface area (Å²) in [5.41, 5.74) is 5.47. The van der Waals surface area contributed by atoms with Crippen LogP contribution in [0, 0.1) is 0 Å². The zero-order valence-corrected chi connectivity index (χ0v) is 7.54. The monoisotopic (exact) mass is 196 g/mol. The minimum Gasteiger partial charge on any atom is -0.389 e. The molecule has 0 aromatic carbocycles. The van der Waals surface area contributed by atoms with E-state index < -0.39 is 12.2 Å². The number of nitrogen functional groups attached to an aromatic ring is 1. The first-order valence-electron chi connectivity index (χ1n) is 4.35. The van der Waals surface area contributed by atoms with Crippen molar-refractivity contribution in [3.63, 3.8) is 0 Å². The second-order valence-electron chi connectivity index (χ2n) is 3.34. The molecule has 0 aliphatic carbocycles. The predicted octanol–water partition coefficient (Wildman–Crippen LogP) is -1.40. The lowest BCUT2D eigenvalue weighted by atomic mass is 10.3. The third-order valence-electron chi connectivity index (χ3n) is 2.22. The first kappa shape index (κ1) is 9.17. The van der Waals surface area contributed by atoms with Gasteiger partial charge in [-0.05, 0) is 0 Å². The molecule has 4 N–H and O–H groups in total. The van der Waals surface area contributed by atoms with Crippen molar-refractivity contribution in [1.82, 2.24) is 9.97 Å². The molecule has 1 aliphatic heterocycles. The molecule has 2 atom stereocenters. The molecule has 14 heavy (non-hydrogen) atoms. The van der Waals surface area contributed by atoms with Crippen LogP contribution in [0.2, 0.25) is 0 Å². The number of anilines is 2. The molecule has 0 spiro atoms. The topological polar surface area (TPSA) is 95.5 Å². The quantitative estimate of drug-likeness (QED) is 0.511. The molecular weight excluding hydrogens is 184 g/mol. The highest BCUT2D eigenvalue weighted by Crippen LogP contribution is 2.17. The maximum Gasteiger partial charge on any atom is 0.149 e. The first-order valence-corrected chi connectivity index (χ1v) is 4.35. The summed E-state index contributed by atoms with van der Waals surface area (Å²) in [5.74, 6) is 0.916. The Kier molecular flexibility index (Phi) is 2.22. The van der Waals surface area contributed by atoms with Crippen LogP contribution in [0.4, 0.5) is 11.6 Å². The molecule has 2 rings (SSSR count). The lowest BCUT2D eigenvalue weighted by Crippen LogP contribution is -2.22. The molecule has 1 aromatic rings. The molecule has 0 saturated carbocycles. The molecular formula is C8H12N4O2. The summed E-state index contributed by atoms with van der Waals surface area (Å²) in [6, 6.07) is 0. The van der Waals surface area contributed by atoms with Crippen molar-refractivity contribution >= 4 is 11.6 Å². The Morgan fingerprint density at radius 3 is 2.50 bits per heavy atom. The van der Waals surface area contributed by atoms with Crippen molar-refractivity contribution in [3.8, 4) is 0 Å². The predicted molar refractivity (Wildman–Crippen MR) is 50.7 cm³/mol. The average Bonchev–Trinajstić information content (AvgIpc) is 2.47. The van der Waals surface area contributed by atoms with E-state index >= 15 is 0 Å². The van der Waals surface area contributed by atoms with Gasteiger partial charge in [-0.15, -0.1) is 0 Å². The van der Waals surface area contributed by atoms with E-state index in [9.17, 15) is 10.2 Å². The summed E-state index contributed by atoms with van der Waals surface area (Å²) in [6.07, 6.45) is 1.56. The minimum absolute atomic E-state index is 0.332. The average molecular weight is 196 g/mol. The standard InChI is InChI=1S/C8H12N4O2/c9-7-1-10-2-8(11-7)12-3-5(13)6(14)4-12/h1-2,5-6,13-14H,3-4H2,(H2,9,11). The van der Waals surface area contributed by atoms with Crippen LogP contribution >= 0.6 is 0 Å². The molecule has 1 aromatic heterocycles. The Morgan fingerprint density at radius 1 is 1.29 bits per heavy atom. The Morgan fingerprint density at radius 2 is 1.93 bits per heavy atom. The van der Waals surface area contributed by atoms with Gasteiger partial charge in [0, 0.05) is 13.1 Å². The van der Waals surface area contributed by atoms with E-state index in [0.29, 0.717) is 24.7 Å². The van der Waals surface area contributed by atoms with Gasteiger partial charge < -0.3 is 20.8 Å². The number of aliphatic hydroxyl groups is 2. The van der Waals surface area contributed by atoms with E-state index in [4.69, 9.17) is 5.73 Å². The molecule has 1 fully saturated rings. The van der Waals surface area contributed by atoms with E-state index in [1.54, 1.807) is 11.1 Å². The largest absolute Gasteiger partial charge is 0.389 e. The van der Waals surface area contributed by atoms with Crippen LogP contribution in [-0.4, -0.2) is 45.5 Å². The van der Waals surface area contributed by atoms with Crippen molar-refractivity contribution in [2.45, 2.75) is 12.2 Å². The van der Waals surface area contributed by atoms with Crippen molar-refractivity contribution < 1.29 is 10.2 Å². The molecule has 1 aliphatic rings. The van der Waals surface area contributed by atoms with Gasteiger partial charge in [0.2, 0.25) is 0 Å². The summed E-state index contributed by atoms with van der Waals surface area (Å²) < 4.78 is 0. The zero-order chi connectivity index (χ0) is 10.1. The highest BCUT2D eigenvalue weighted by Gasteiger charge is 2.30. The minimum atomic E-state index is -0.724. The van der Waals surface area contributed by atoms with E-state index in [0.717, 1.165) is 0 Å². The van der Waals surface area contributed by atoms with Crippen LogP contribution in [-0.2, 0) is 0 Å². The molecule has 2 unspecified atom stereocenters. The molecule has 76 valence electrons. The number of hydrogen-bond acceptors (Lipinski definition) is 6. The number of aromatic nitrogens is 2. The number of nitrogens with zero attached hydrogens (tertiary/aromatic N) is 3. The van der Waals surface area contributed by atoms with Crippen molar-refractivity contribution in [3.05, 3.63) is 12.4 Å². The van der Waals surface area contributed by atoms with Crippen LogP contribution in [0.3, 0.4) is 0 Å². The van der Waals surface area contributed by atoms with Gasteiger partial charge >= 0.3 is 0 Å². The lowest BCUT2D eigenvalue weighted by molar-refractivity contribution is 0.0572. The van der Waals surface area contributed by atoms with Gasteiger partial charge in [-0.2, -0.15) is 0 Å². The molecule has 0 bridgehead atoms. The molecule has 2 heterocycles. The Balaban J connectivity index is 2.17. The first-order chi connectivity index (χ1) is 6.66. The number of nitrogens with two attached hydrogens (primary N) is 1. The Bertz CT molecular complexity index is 323. The van der Waals surface area contributed by atoms with Gasteiger partial charge in [0.05, 0.1) is 24.6 Å². The Hall–Kier alpha value is -1.40. The van der Waals surface area contributed by atoms with E-state index in [1.807, 2.05) is 0 Å². The van der Waals surface area contributed by atoms with Crippen LogP contribution < -0.4 is 10.6 Å². The second-order valence-corrected chi connectivity index (χ2v) is 3.34. The number of rotatable bonds is 1. The van der Waals surface area contributed by atoms with Crippen molar-refractivity contribution in [2.75, 3.05) is 23.7 Å². The van der Waals surface area contributed by atoms with Gasteiger partial charge in [-0.25, -0.2) is 4.98 Å². The maximum atomic E-state index is 9.33. The van der Waals surface area contributed by atoms with Gasteiger partial charge in [0.25, 0.3) is 0 Å². The highest BCUT2D eigenvalue weighted by molar-refractivity contribution is 5.43. The van der Waals surface area contributed by atoms with Crippen LogP contribution in [0.25, 0.3) is 0 Å². The maximum absolute atomic E-state index is 9.33. The van der Waals surface area contributed by atoms with E-state index in [2.05, 4.69) is 9.97 Å². The highest BCUT2D eigenvalue weighted by atomic mass is 16.3. The van der Waals surface area contributed by atoms with Gasteiger partial charge in [-0.1, -0.05) is 0 Å². The molecule has 0 amide bonds. The van der Waals surface area contributed by atoms with Crippen LogP contribution in [0.15, 0.2) is 12.4 Å². The van der Waals surface area contributed by atoms with Gasteiger partial charge in [-0.3, -0.25) is 4.98 Å². The smallest absolute Gasteiger partial charge is 0.149 e. The van der Waals surface area contributed by atoms with E-state index in [-0.39, 0.29) is 0 Å². The van der Waals surface area contributed by atoms with Crippen LogP contribution in [0.1, 0.15) is 0 Å². The number of β-amino-alcohol motifs (C(OH)–C–C–N with tert-alkyl or cyclic N) is 2. The Labute approximate surface area is 81.0 Å². The summed E-state index contributed by atoms with van der Waals surface area (Å²) in [5, 5.41) is 18.7. The molecule has 0 radical (unpaired) electrons. The van der Waals surface area contributed by atoms with Gasteiger partial charge in [0.15, 0.2) is 0 Å². The van der Waals surface area contributed by atoms with Crippen LogP contribution in [0.5, 0.6) is 0 Å². The second kappa shape index (κ2) is 3.39. The van der Waals surface area contributed by atoms with Crippen molar-refractivity contribution in [1.29, 1.82) is 0 Å². The number of hydrogen-bond donors (Lipinski definition) is 3. The molecule has 1 saturated heterocycles. The summed E-state index contributed by atoms with van der Waals surface area (Å²) in [4.78, 5) is 9.68. The normalized spacial score (nSPS) is 26.9. The molecule has 6 nitrogen and oxygen atoms in total. The summed E-state index contributed by atoms with van der Waals surface area (Å²) in [6.45, 7) is 0.721. The third kappa shape index (κ3) is 1.61. The molecule has 6 heteroatoms. The SMILES string of the molecule is Nc1cncc(N2CC(O)C(O)C2)n1. The van der Waals surface area contributed by atoms with Gasteiger partial charge in [0.1, 0.15) is 11.6 Å². The fraction of sp³-hybridized carbons (Fsp3) is 0.500. The lowest BCUT2D eigenvalue weighted by Gasteiger charge is -2.15. The third-order valence-corrected chi connectivity index (χ3v) is 2.22. The fourth-order valence-electron chi connectivity index (χ4n) is 1.48. The van der Waals surface area contributed by atoms with Crippen molar-refractivity contribution in [2.24, 2.45) is 0 Å². The fourth-order valence-corrected chi connectivity index (χ4v) is 1.48. The summed E-state index contributed by atoms with van der Waals surface area (Å²) >= 11 is 0. The van der Waals surface area contributed by atoms with E-state index in [1.165, 1.54) is 6.20 Å². The number of aliphatic hydroxyl groups excluding tert-OH is 2.